The molecule has 3 heteroatoms. The van der Waals surface area contributed by atoms with E-state index in [1.54, 1.807) is 12.1 Å². The van der Waals surface area contributed by atoms with Crippen molar-refractivity contribution in [2.75, 3.05) is 13.2 Å². The van der Waals surface area contributed by atoms with E-state index in [0.29, 0.717) is 24.9 Å². The van der Waals surface area contributed by atoms with E-state index in [-0.39, 0.29) is 11.7 Å². The van der Waals surface area contributed by atoms with E-state index >= 15 is 0 Å². The van der Waals surface area contributed by atoms with E-state index in [1.807, 2.05) is 6.92 Å². The summed E-state index contributed by atoms with van der Waals surface area (Å²) < 4.78 is 10.4. The van der Waals surface area contributed by atoms with Gasteiger partial charge in [0.05, 0.1) is 6.26 Å². The molecule has 76 valence electrons. The summed E-state index contributed by atoms with van der Waals surface area (Å²) in [6, 6.07) is 3.47. The molecule has 2 atom stereocenters. The van der Waals surface area contributed by atoms with E-state index < -0.39 is 0 Å². The van der Waals surface area contributed by atoms with Crippen LogP contribution >= 0.6 is 0 Å². The number of rotatable bonds is 2. The summed E-state index contributed by atoms with van der Waals surface area (Å²) in [5.41, 5.74) is 0. The summed E-state index contributed by atoms with van der Waals surface area (Å²) in [5.74, 6) is 0.950. The van der Waals surface area contributed by atoms with Crippen molar-refractivity contribution in [3.63, 3.8) is 0 Å². The molecule has 0 N–H and O–H groups in total. The Hall–Kier alpha value is -1.09. The van der Waals surface area contributed by atoms with Crippen LogP contribution in [-0.2, 0) is 4.74 Å². The number of carbonyl (C=O) groups is 1. The van der Waals surface area contributed by atoms with Crippen LogP contribution in [0.1, 0.15) is 23.9 Å². The van der Waals surface area contributed by atoms with Gasteiger partial charge in [0.15, 0.2) is 5.76 Å². The van der Waals surface area contributed by atoms with Gasteiger partial charge in [-0.2, -0.15) is 0 Å². The highest BCUT2D eigenvalue weighted by Crippen LogP contribution is 2.25. The van der Waals surface area contributed by atoms with Crippen molar-refractivity contribution in [3.05, 3.63) is 24.2 Å². The number of ketones is 1. The summed E-state index contributed by atoms with van der Waals surface area (Å²) >= 11 is 0. The first kappa shape index (κ1) is 9.46. The van der Waals surface area contributed by atoms with Crippen molar-refractivity contribution < 1.29 is 13.9 Å². The molecule has 1 fully saturated rings. The lowest BCUT2D eigenvalue weighted by Crippen LogP contribution is -2.31. The summed E-state index contributed by atoms with van der Waals surface area (Å²) in [6.07, 6.45) is 2.35. The van der Waals surface area contributed by atoms with Gasteiger partial charge < -0.3 is 9.15 Å². The molecule has 0 spiro atoms. The van der Waals surface area contributed by atoms with Crippen LogP contribution in [0.25, 0.3) is 0 Å². The van der Waals surface area contributed by atoms with E-state index in [4.69, 9.17) is 9.15 Å². The number of furan rings is 1. The van der Waals surface area contributed by atoms with Crippen LogP contribution in [-0.4, -0.2) is 19.0 Å². The second-order valence-corrected chi connectivity index (χ2v) is 3.79. The summed E-state index contributed by atoms with van der Waals surface area (Å²) in [5, 5.41) is 0. The molecular formula is C11H14O3. The molecule has 1 aliphatic rings. The van der Waals surface area contributed by atoms with Gasteiger partial charge in [0.2, 0.25) is 5.78 Å². The highest BCUT2D eigenvalue weighted by Gasteiger charge is 2.30. The molecular weight excluding hydrogens is 180 g/mol. The van der Waals surface area contributed by atoms with Crippen LogP contribution in [0, 0.1) is 11.8 Å². The molecule has 2 rings (SSSR count). The molecule has 0 saturated carbocycles. The normalized spacial score (nSPS) is 27.5. The van der Waals surface area contributed by atoms with Gasteiger partial charge in [0.1, 0.15) is 0 Å². The highest BCUT2D eigenvalue weighted by molar-refractivity contribution is 5.95. The predicted molar refractivity (Wildman–Crippen MR) is 51.1 cm³/mol. The molecule has 0 radical (unpaired) electrons. The Bertz CT molecular complexity index is 302. The maximum atomic E-state index is 11.9. The maximum absolute atomic E-state index is 11.9. The van der Waals surface area contributed by atoms with Crippen molar-refractivity contribution in [1.82, 2.24) is 0 Å². The fourth-order valence-electron chi connectivity index (χ4n) is 1.87. The van der Waals surface area contributed by atoms with Gasteiger partial charge in [-0.15, -0.1) is 0 Å². The summed E-state index contributed by atoms with van der Waals surface area (Å²) in [4.78, 5) is 11.9. The van der Waals surface area contributed by atoms with Gasteiger partial charge in [0, 0.05) is 19.1 Å². The van der Waals surface area contributed by atoms with Crippen LogP contribution in [0.4, 0.5) is 0 Å². The Balaban J connectivity index is 2.10. The van der Waals surface area contributed by atoms with E-state index in [1.165, 1.54) is 6.26 Å². The van der Waals surface area contributed by atoms with Crippen molar-refractivity contribution in [3.8, 4) is 0 Å². The number of hydrogen-bond donors (Lipinski definition) is 0. The monoisotopic (exact) mass is 194 g/mol. The lowest BCUT2D eigenvalue weighted by atomic mass is 9.85. The van der Waals surface area contributed by atoms with Crippen LogP contribution < -0.4 is 0 Å². The van der Waals surface area contributed by atoms with Crippen molar-refractivity contribution in [1.29, 1.82) is 0 Å². The fraction of sp³-hybridized carbons (Fsp3) is 0.545. The first-order chi connectivity index (χ1) is 6.79. The molecule has 0 bridgehead atoms. The zero-order valence-electron chi connectivity index (χ0n) is 8.23. The Kier molecular flexibility index (Phi) is 2.68. The quantitative estimate of drug-likeness (QED) is 0.677. The average molecular weight is 194 g/mol. The topological polar surface area (TPSA) is 39.4 Å². The molecule has 1 aliphatic heterocycles. The molecule has 2 heterocycles. The minimum atomic E-state index is 0.0647. The van der Waals surface area contributed by atoms with Crippen LogP contribution in [0.5, 0.6) is 0 Å². The van der Waals surface area contributed by atoms with Crippen LogP contribution in [0.2, 0.25) is 0 Å². The maximum Gasteiger partial charge on any atom is 0.201 e. The van der Waals surface area contributed by atoms with Crippen molar-refractivity contribution in [2.24, 2.45) is 11.8 Å². The largest absolute Gasteiger partial charge is 0.461 e. The number of hydrogen-bond acceptors (Lipinski definition) is 3. The second-order valence-electron chi connectivity index (χ2n) is 3.79. The second kappa shape index (κ2) is 3.96. The Morgan fingerprint density at radius 3 is 3.07 bits per heavy atom. The van der Waals surface area contributed by atoms with E-state index in [2.05, 4.69) is 0 Å². The molecule has 1 aromatic rings. The van der Waals surface area contributed by atoms with Crippen molar-refractivity contribution >= 4 is 5.78 Å². The number of Topliss-reactive ketones (excluding diaryl/α,β-unsaturated/α-hetero) is 1. The van der Waals surface area contributed by atoms with Gasteiger partial charge in [-0.1, -0.05) is 6.92 Å². The van der Waals surface area contributed by atoms with Gasteiger partial charge in [-0.25, -0.2) is 0 Å². The third-order valence-electron chi connectivity index (χ3n) is 2.74. The van der Waals surface area contributed by atoms with Gasteiger partial charge in [-0.05, 0) is 24.5 Å². The van der Waals surface area contributed by atoms with Crippen molar-refractivity contribution in [2.45, 2.75) is 13.3 Å². The molecule has 1 aromatic heterocycles. The van der Waals surface area contributed by atoms with Gasteiger partial charge in [-0.3, -0.25) is 4.79 Å². The molecule has 0 aromatic carbocycles. The Labute approximate surface area is 83.0 Å². The van der Waals surface area contributed by atoms with Crippen LogP contribution in [0.15, 0.2) is 22.8 Å². The van der Waals surface area contributed by atoms with Gasteiger partial charge >= 0.3 is 0 Å². The zero-order chi connectivity index (χ0) is 9.97. The zero-order valence-corrected chi connectivity index (χ0v) is 8.23. The average Bonchev–Trinajstić information content (AvgIpc) is 2.70. The molecule has 0 amide bonds. The minimum absolute atomic E-state index is 0.0647. The molecule has 1 saturated heterocycles. The Morgan fingerprint density at radius 2 is 2.43 bits per heavy atom. The molecule has 3 nitrogen and oxygen atoms in total. The minimum Gasteiger partial charge on any atom is -0.461 e. The lowest BCUT2D eigenvalue weighted by Gasteiger charge is -2.26. The third kappa shape index (κ3) is 1.73. The number of ether oxygens (including phenoxy) is 1. The molecule has 0 aliphatic carbocycles. The molecule has 2 unspecified atom stereocenters. The fourth-order valence-corrected chi connectivity index (χ4v) is 1.87. The summed E-state index contributed by atoms with van der Waals surface area (Å²) in [6.45, 7) is 3.41. The smallest absolute Gasteiger partial charge is 0.201 e. The van der Waals surface area contributed by atoms with E-state index in [9.17, 15) is 4.79 Å². The predicted octanol–water partition coefficient (Wildman–Crippen LogP) is 2.13. The lowest BCUT2D eigenvalue weighted by molar-refractivity contribution is 0.0229. The highest BCUT2D eigenvalue weighted by atomic mass is 16.5. The summed E-state index contributed by atoms with van der Waals surface area (Å²) in [7, 11) is 0. The molecule has 14 heavy (non-hydrogen) atoms. The van der Waals surface area contributed by atoms with Crippen LogP contribution in [0.3, 0.4) is 0 Å². The third-order valence-corrected chi connectivity index (χ3v) is 2.74. The first-order valence-corrected chi connectivity index (χ1v) is 4.94. The van der Waals surface area contributed by atoms with Gasteiger partial charge in [0.25, 0.3) is 0 Å². The van der Waals surface area contributed by atoms with E-state index in [0.717, 1.165) is 6.42 Å². The number of carbonyl (C=O) groups excluding carboxylic acids is 1. The Morgan fingerprint density at radius 1 is 1.57 bits per heavy atom. The SMILES string of the molecule is CC1COCCC1C(=O)c1ccco1. The first-order valence-electron chi connectivity index (χ1n) is 4.94. The standard InChI is InChI=1S/C11H14O3/c1-8-7-13-6-4-9(8)11(12)10-3-2-5-14-10/h2-3,5,8-9H,4,6-7H2,1H3.